The van der Waals surface area contributed by atoms with Crippen molar-refractivity contribution >= 4 is 17.1 Å². The van der Waals surface area contributed by atoms with Crippen LogP contribution in [0.3, 0.4) is 0 Å². The van der Waals surface area contributed by atoms with Gasteiger partial charge >= 0.3 is 0 Å². The Morgan fingerprint density at radius 1 is 0.364 bits per heavy atom. The van der Waals surface area contributed by atoms with Gasteiger partial charge in [-0.3, -0.25) is 9.97 Å². The summed E-state index contributed by atoms with van der Waals surface area (Å²) >= 11 is 0. The average molecular weight is 564 g/mol. The number of para-hydroxylation sites is 3. The molecular formula is C41H29N3. The Balaban J connectivity index is 1.48. The quantitative estimate of drug-likeness (QED) is 0.209. The fourth-order valence-electron chi connectivity index (χ4n) is 6.61. The van der Waals surface area contributed by atoms with Crippen molar-refractivity contribution in [2.24, 2.45) is 0 Å². The minimum absolute atomic E-state index is 0.784. The van der Waals surface area contributed by atoms with Crippen molar-refractivity contribution in [3.8, 4) is 22.5 Å². The van der Waals surface area contributed by atoms with Gasteiger partial charge in [0.25, 0.3) is 0 Å². The highest BCUT2D eigenvalue weighted by Gasteiger charge is 2.48. The number of fused-ring (bicyclic) bond motifs is 2. The highest BCUT2D eigenvalue weighted by molar-refractivity contribution is 5.89. The van der Waals surface area contributed by atoms with Crippen molar-refractivity contribution in [1.29, 1.82) is 0 Å². The molecule has 0 N–H and O–H groups in total. The third kappa shape index (κ3) is 4.13. The van der Waals surface area contributed by atoms with E-state index < -0.39 is 5.41 Å². The molecule has 1 aliphatic heterocycles. The maximum Gasteiger partial charge on any atom is 0.109 e. The second-order valence-corrected chi connectivity index (χ2v) is 11.0. The van der Waals surface area contributed by atoms with E-state index in [2.05, 4.69) is 169 Å². The Morgan fingerprint density at radius 3 is 1.25 bits per heavy atom. The Labute approximate surface area is 257 Å². The monoisotopic (exact) mass is 563 g/mol. The summed E-state index contributed by atoms with van der Waals surface area (Å²) in [7, 11) is 0. The van der Waals surface area contributed by atoms with E-state index in [0.717, 1.165) is 62.1 Å². The normalized spacial score (nSPS) is 13.1. The van der Waals surface area contributed by atoms with E-state index in [1.807, 2.05) is 12.1 Å². The molecule has 1 aliphatic rings. The second-order valence-electron chi connectivity index (χ2n) is 11.0. The molecule has 2 aromatic heterocycles. The zero-order valence-electron chi connectivity index (χ0n) is 24.1. The predicted molar refractivity (Wildman–Crippen MR) is 179 cm³/mol. The van der Waals surface area contributed by atoms with Crippen LogP contribution in [0.5, 0.6) is 0 Å². The smallest absolute Gasteiger partial charge is 0.109 e. The fraction of sp³-hybridized carbons (Fsp3) is 0.0244. The molecule has 208 valence electrons. The van der Waals surface area contributed by atoms with E-state index in [4.69, 9.17) is 9.97 Å². The lowest BCUT2D eigenvalue weighted by atomic mass is 9.65. The molecule has 0 spiro atoms. The Bertz CT molecular complexity index is 1940. The largest absolute Gasteiger partial charge is 0.310 e. The van der Waals surface area contributed by atoms with Gasteiger partial charge in [0.1, 0.15) is 5.41 Å². The van der Waals surface area contributed by atoms with Gasteiger partial charge in [-0.1, -0.05) is 127 Å². The van der Waals surface area contributed by atoms with Crippen molar-refractivity contribution in [3.63, 3.8) is 0 Å². The summed E-state index contributed by atoms with van der Waals surface area (Å²) in [5.74, 6) is 0. The van der Waals surface area contributed by atoms with E-state index in [9.17, 15) is 0 Å². The second kappa shape index (κ2) is 10.8. The van der Waals surface area contributed by atoms with Crippen LogP contribution in [0.15, 0.2) is 176 Å². The van der Waals surface area contributed by atoms with Crippen LogP contribution in [0, 0.1) is 0 Å². The number of aromatic nitrogens is 2. The number of anilines is 3. The summed E-state index contributed by atoms with van der Waals surface area (Å²) < 4.78 is 0. The zero-order chi connectivity index (χ0) is 29.3. The molecule has 3 heterocycles. The summed E-state index contributed by atoms with van der Waals surface area (Å²) in [5, 5.41) is 0. The van der Waals surface area contributed by atoms with E-state index >= 15 is 0 Å². The van der Waals surface area contributed by atoms with Crippen molar-refractivity contribution < 1.29 is 0 Å². The summed E-state index contributed by atoms with van der Waals surface area (Å²) in [6.07, 6.45) is 0. The minimum Gasteiger partial charge on any atom is -0.310 e. The molecule has 8 rings (SSSR count). The molecule has 0 saturated heterocycles. The van der Waals surface area contributed by atoms with Crippen LogP contribution >= 0.6 is 0 Å². The van der Waals surface area contributed by atoms with E-state index in [-0.39, 0.29) is 0 Å². The van der Waals surface area contributed by atoms with Gasteiger partial charge in [-0.15, -0.1) is 0 Å². The summed E-state index contributed by atoms with van der Waals surface area (Å²) in [6.45, 7) is 0. The van der Waals surface area contributed by atoms with Crippen LogP contribution in [-0.4, -0.2) is 9.97 Å². The van der Waals surface area contributed by atoms with Gasteiger partial charge in [-0.05, 0) is 59.7 Å². The van der Waals surface area contributed by atoms with Crippen molar-refractivity contribution in [3.05, 3.63) is 198 Å². The number of rotatable bonds is 5. The highest BCUT2D eigenvalue weighted by Crippen LogP contribution is 2.57. The van der Waals surface area contributed by atoms with Crippen LogP contribution in [-0.2, 0) is 5.41 Å². The van der Waals surface area contributed by atoms with Gasteiger partial charge in [0.05, 0.1) is 34.2 Å². The van der Waals surface area contributed by atoms with Crippen LogP contribution in [0.1, 0.15) is 22.5 Å². The standard InChI is InChI=1S/C41H29N3/c1-4-16-30(17-5-1)35-24-14-28-39(42-35)41(40-29-15-25-36(43-40)31-18-6-2-7-19-31)33-22-10-12-26-37(33)44(32-20-8-3-9-21-32)38-27-13-11-23-34(38)41/h1-29H. The molecule has 0 unspecified atom stereocenters. The number of hydrogen-bond donors (Lipinski definition) is 0. The molecule has 5 aromatic carbocycles. The van der Waals surface area contributed by atoms with Gasteiger partial charge in [-0.2, -0.15) is 0 Å². The lowest BCUT2D eigenvalue weighted by Crippen LogP contribution is -2.39. The van der Waals surface area contributed by atoms with Crippen molar-refractivity contribution in [2.45, 2.75) is 5.41 Å². The molecule has 44 heavy (non-hydrogen) atoms. The third-order valence-electron chi connectivity index (χ3n) is 8.52. The molecule has 3 nitrogen and oxygen atoms in total. The Morgan fingerprint density at radius 2 is 0.773 bits per heavy atom. The van der Waals surface area contributed by atoms with E-state index in [1.165, 1.54) is 0 Å². The Hall–Kier alpha value is -5.80. The number of hydrogen-bond acceptors (Lipinski definition) is 3. The maximum atomic E-state index is 5.45. The van der Waals surface area contributed by atoms with Crippen LogP contribution in [0.4, 0.5) is 17.1 Å². The number of benzene rings is 5. The first-order valence-corrected chi connectivity index (χ1v) is 14.9. The molecule has 3 heteroatoms. The first-order chi connectivity index (χ1) is 21.8. The van der Waals surface area contributed by atoms with E-state index in [1.54, 1.807) is 0 Å². The maximum absolute atomic E-state index is 5.45. The lowest BCUT2D eigenvalue weighted by Gasteiger charge is -2.45. The van der Waals surface area contributed by atoms with Gasteiger partial charge in [0.2, 0.25) is 0 Å². The Kier molecular flexibility index (Phi) is 6.35. The molecule has 0 aliphatic carbocycles. The van der Waals surface area contributed by atoms with Crippen LogP contribution in [0.25, 0.3) is 22.5 Å². The van der Waals surface area contributed by atoms with Crippen LogP contribution < -0.4 is 4.90 Å². The van der Waals surface area contributed by atoms with Gasteiger partial charge in [0.15, 0.2) is 0 Å². The SMILES string of the molecule is c1ccc(-c2cccc(C3(c4cccc(-c5ccccc5)n4)c4ccccc4N(c4ccccc4)c4ccccc43)n2)cc1. The zero-order valence-corrected chi connectivity index (χ0v) is 24.1. The summed E-state index contributed by atoms with van der Waals surface area (Å²) in [6, 6.07) is 61.6. The molecule has 0 fully saturated rings. The molecule has 0 amide bonds. The summed E-state index contributed by atoms with van der Waals surface area (Å²) in [5.41, 5.74) is 10.7. The highest BCUT2D eigenvalue weighted by atomic mass is 15.2. The van der Waals surface area contributed by atoms with Crippen LogP contribution in [0.2, 0.25) is 0 Å². The van der Waals surface area contributed by atoms with Gasteiger partial charge in [-0.25, -0.2) is 0 Å². The molecule has 7 aromatic rings. The number of nitrogens with zero attached hydrogens (tertiary/aromatic N) is 3. The van der Waals surface area contributed by atoms with Gasteiger partial charge < -0.3 is 4.90 Å². The minimum atomic E-state index is -0.784. The topological polar surface area (TPSA) is 29.0 Å². The first-order valence-electron chi connectivity index (χ1n) is 14.9. The predicted octanol–water partition coefficient (Wildman–Crippen LogP) is 9.98. The molecule has 0 atom stereocenters. The number of pyridine rings is 2. The third-order valence-corrected chi connectivity index (χ3v) is 8.52. The molecule has 0 radical (unpaired) electrons. The lowest BCUT2D eigenvalue weighted by molar-refractivity contribution is 0.679. The van der Waals surface area contributed by atoms with Crippen molar-refractivity contribution in [1.82, 2.24) is 9.97 Å². The molecule has 0 saturated carbocycles. The van der Waals surface area contributed by atoms with Gasteiger partial charge in [0, 0.05) is 16.8 Å². The fourth-order valence-corrected chi connectivity index (χ4v) is 6.61. The first kappa shape index (κ1) is 25.9. The molecular weight excluding hydrogens is 534 g/mol. The summed E-state index contributed by atoms with van der Waals surface area (Å²) in [4.78, 5) is 13.3. The average Bonchev–Trinajstić information content (AvgIpc) is 3.12. The van der Waals surface area contributed by atoms with E-state index in [0.29, 0.717) is 0 Å². The molecule has 0 bridgehead atoms. The van der Waals surface area contributed by atoms with Crippen molar-refractivity contribution in [2.75, 3.05) is 4.90 Å².